The fourth-order valence-electron chi connectivity index (χ4n) is 2.30. The van der Waals surface area contributed by atoms with E-state index in [4.69, 9.17) is 0 Å². The molecule has 0 aromatic rings. The van der Waals surface area contributed by atoms with Crippen LogP contribution in [0.2, 0.25) is 0 Å². The second kappa shape index (κ2) is 7.02. The van der Waals surface area contributed by atoms with Gasteiger partial charge in [0.05, 0.1) is 0 Å². The fourth-order valence-corrected chi connectivity index (χ4v) is 2.30. The summed E-state index contributed by atoms with van der Waals surface area (Å²) in [6.45, 7) is 8.84. The first-order valence-corrected chi connectivity index (χ1v) is 6.20. The lowest BCUT2D eigenvalue weighted by Gasteiger charge is -2.33. The topological polar surface area (TPSA) is 6.48 Å². The molecule has 0 N–H and O–H groups in total. The van der Waals surface area contributed by atoms with Gasteiger partial charge in [0.2, 0.25) is 0 Å². The Kier molecular flexibility index (Phi) is 5.96. The van der Waals surface area contributed by atoms with Gasteiger partial charge in [-0.15, -0.1) is 6.58 Å². The van der Waals surface area contributed by atoms with Crippen molar-refractivity contribution in [3.63, 3.8) is 0 Å². The molecular weight excluding hydrogens is 184 g/mol. The Morgan fingerprint density at radius 1 is 1.47 bits per heavy atom. The van der Waals surface area contributed by atoms with E-state index >= 15 is 0 Å². The molecule has 0 aliphatic carbocycles. The summed E-state index contributed by atoms with van der Waals surface area (Å²) in [5.74, 6) is 0.922. The van der Waals surface area contributed by atoms with E-state index in [9.17, 15) is 0 Å². The van der Waals surface area contributed by atoms with Crippen LogP contribution in [0.1, 0.15) is 25.7 Å². The smallest absolute Gasteiger partial charge is 0.00159 e. The molecule has 0 spiro atoms. The third-order valence-corrected chi connectivity index (χ3v) is 3.24. The third-order valence-electron chi connectivity index (χ3n) is 3.24. The van der Waals surface area contributed by atoms with E-state index < -0.39 is 0 Å². The highest BCUT2D eigenvalue weighted by Crippen LogP contribution is 2.19. The van der Waals surface area contributed by atoms with Crippen molar-refractivity contribution in [3.05, 3.63) is 12.7 Å². The van der Waals surface area contributed by atoms with Gasteiger partial charge in [-0.25, -0.2) is 0 Å². The van der Waals surface area contributed by atoms with E-state index in [1.165, 1.54) is 45.4 Å². The standard InChI is InChI=1S/C13H26N2/c1-4-5-9-15-10-6-7-13(12-15)8-11-14(2)3/h4,13H,1,5-12H2,2-3H3. The Morgan fingerprint density at radius 3 is 2.93 bits per heavy atom. The summed E-state index contributed by atoms with van der Waals surface area (Å²) in [7, 11) is 4.33. The van der Waals surface area contributed by atoms with Gasteiger partial charge in [0.1, 0.15) is 0 Å². The average molecular weight is 210 g/mol. The predicted molar refractivity (Wildman–Crippen MR) is 67.1 cm³/mol. The summed E-state index contributed by atoms with van der Waals surface area (Å²) in [5, 5.41) is 0. The Bertz CT molecular complexity index is 177. The fraction of sp³-hybridized carbons (Fsp3) is 0.846. The number of piperidine rings is 1. The second-order valence-electron chi connectivity index (χ2n) is 4.98. The highest BCUT2D eigenvalue weighted by molar-refractivity contribution is 4.76. The van der Waals surface area contributed by atoms with Crippen molar-refractivity contribution in [2.75, 3.05) is 40.3 Å². The van der Waals surface area contributed by atoms with E-state index in [0.29, 0.717) is 0 Å². The number of nitrogens with zero attached hydrogens (tertiary/aromatic N) is 2. The van der Waals surface area contributed by atoms with Crippen molar-refractivity contribution >= 4 is 0 Å². The van der Waals surface area contributed by atoms with Crippen LogP contribution in [0.15, 0.2) is 12.7 Å². The second-order valence-corrected chi connectivity index (χ2v) is 4.98. The van der Waals surface area contributed by atoms with Gasteiger partial charge in [-0.1, -0.05) is 6.08 Å². The Balaban J connectivity index is 2.19. The maximum atomic E-state index is 3.79. The van der Waals surface area contributed by atoms with E-state index in [2.05, 4.69) is 30.5 Å². The molecule has 0 aromatic carbocycles. The molecule has 0 amide bonds. The monoisotopic (exact) mass is 210 g/mol. The van der Waals surface area contributed by atoms with Crippen molar-refractivity contribution in [1.82, 2.24) is 9.80 Å². The van der Waals surface area contributed by atoms with Gasteiger partial charge in [0, 0.05) is 13.1 Å². The zero-order valence-corrected chi connectivity index (χ0v) is 10.4. The lowest BCUT2D eigenvalue weighted by Crippen LogP contribution is -2.36. The molecule has 0 aromatic heterocycles. The zero-order valence-electron chi connectivity index (χ0n) is 10.4. The van der Waals surface area contributed by atoms with Gasteiger partial charge in [-0.2, -0.15) is 0 Å². The molecule has 1 aliphatic rings. The summed E-state index contributed by atoms with van der Waals surface area (Å²) in [4.78, 5) is 4.90. The molecule has 1 heterocycles. The zero-order chi connectivity index (χ0) is 11.1. The lowest BCUT2D eigenvalue weighted by molar-refractivity contribution is 0.163. The Morgan fingerprint density at radius 2 is 2.27 bits per heavy atom. The van der Waals surface area contributed by atoms with Gasteiger partial charge in [-0.05, 0) is 58.8 Å². The van der Waals surface area contributed by atoms with Crippen LogP contribution in [-0.2, 0) is 0 Å². The van der Waals surface area contributed by atoms with Crippen LogP contribution in [0, 0.1) is 5.92 Å². The largest absolute Gasteiger partial charge is 0.309 e. The van der Waals surface area contributed by atoms with Gasteiger partial charge >= 0.3 is 0 Å². The molecule has 2 heteroatoms. The highest BCUT2D eigenvalue weighted by Gasteiger charge is 2.18. The SMILES string of the molecule is C=CCCN1CCCC(CCN(C)C)C1. The van der Waals surface area contributed by atoms with E-state index in [1.807, 2.05) is 6.08 Å². The molecule has 15 heavy (non-hydrogen) atoms. The highest BCUT2D eigenvalue weighted by atomic mass is 15.1. The number of rotatable bonds is 6. The average Bonchev–Trinajstić information content (AvgIpc) is 2.24. The number of hydrogen-bond acceptors (Lipinski definition) is 2. The van der Waals surface area contributed by atoms with Crippen molar-refractivity contribution in [2.24, 2.45) is 5.92 Å². The van der Waals surface area contributed by atoms with Crippen LogP contribution in [0.5, 0.6) is 0 Å². The number of likely N-dealkylation sites (tertiary alicyclic amines) is 1. The van der Waals surface area contributed by atoms with Crippen LogP contribution >= 0.6 is 0 Å². The molecule has 1 aliphatic heterocycles. The molecule has 1 atom stereocenters. The van der Waals surface area contributed by atoms with Gasteiger partial charge in [-0.3, -0.25) is 0 Å². The molecular formula is C13H26N2. The normalized spacial score (nSPS) is 23.3. The van der Waals surface area contributed by atoms with Crippen molar-refractivity contribution in [2.45, 2.75) is 25.7 Å². The summed E-state index contributed by atoms with van der Waals surface area (Å²) in [6, 6.07) is 0. The lowest BCUT2D eigenvalue weighted by atomic mass is 9.94. The summed E-state index contributed by atoms with van der Waals surface area (Å²) < 4.78 is 0. The molecule has 2 nitrogen and oxygen atoms in total. The minimum Gasteiger partial charge on any atom is -0.309 e. The first kappa shape index (κ1) is 12.7. The van der Waals surface area contributed by atoms with Crippen molar-refractivity contribution in [1.29, 1.82) is 0 Å². The molecule has 1 unspecified atom stereocenters. The Hall–Kier alpha value is -0.340. The first-order chi connectivity index (χ1) is 7.22. The van der Waals surface area contributed by atoms with Crippen molar-refractivity contribution in [3.8, 4) is 0 Å². The van der Waals surface area contributed by atoms with E-state index in [-0.39, 0.29) is 0 Å². The van der Waals surface area contributed by atoms with E-state index in [1.54, 1.807) is 0 Å². The quantitative estimate of drug-likeness (QED) is 0.620. The molecule has 1 fully saturated rings. The molecule has 0 bridgehead atoms. The van der Waals surface area contributed by atoms with Gasteiger partial charge in [0.25, 0.3) is 0 Å². The Labute approximate surface area is 94.9 Å². The molecule has 0 saturated carbocycles. The molecule has 1 saturated heterocycles. The molecule has 1 rings (SSSR count). The predicted octanol–water partition coefficient (Wildman–Crippen LogP) is 2.23. The summed E-state index contributed by atoms with van der Waals surface area (Å²) in [5.41, 5.74) is 0. The van der Waals surface area contributed by atoms with Crippen molar-refractivity contribution < 1.29 is 0 Å². The first-order valence-electron chi connectivity index (χ1n) is 6.20. The summed E-state index contributed by atoms with van der Waals surface area (Å²) >= 11 is 0. The summed E-state index contributed by atoms with van der Waals surface area (Å²) in [6.07, 6.45) is 7.34. The minimum atomic E-state index is 0.922. The maximum absolute atomic E-state index is 3.79. The van der Waals surface area contributed by atoms with Crippen LogP contribution in [0.25, 0.3) is 0 Å². The van der Waals surface area contributed by atoms with Crippen LogP contribution in [0.3, 0.4) is 0 Å². The number of hydrogen-bond donors (Lipinski definition) is 0. The maximum Gasteiger partial charge on any atom is 0.00159 e. The molecule has 0 radical (unpaired) electrons. The third kappa shape index (κ3) is 5.33. The molecule has 88 valence electrons. The van der Waals surface area contributed by atoms with E-state index in [0.717, 1.165) is 12.3 Å². The van der Waals surface area contributed by atoms with Crippen LogP contribution in [0.4, 0.5) is 0 Å². The van der Waals surface area contributed by atoms with Crippen LogP contribution in [-0.4, -0.2) is 50.1 Å². The van der Waals surface area contributed by atoms with Gasteiger partial charge in [0.15, 0.2) is 0 Å². The minimum absolute atomic E-state index is 0.922. The van der Waals surface area contributed by atoms with Crippen LogP contribution < -0.4 is 0 Å². The van der Waals surface area contributed by atoms with Gasteiger partial charge < -0.3 is 9.80 Å².